The molecule has 0 aromatic carbocycles. The molecule has 1 N–H and O–H groups in total. The summed E-state index contributed by atoms with van der Waals surface area (Å²) in [6.07, 6.45) is 1.07. The Bertz CT molecular complexity index is 402. The molecule has 1 aromatic rings. The van der Waals surface area contributed by atoms with E-state index in [0.717, 1.165) is 51.5 Å². The molecule has 1 aromatic heterocycles. The van der Waals surface area contributed by atoms with Crippen LogP contribution in [0.15, 0.2) is 0 Å². The maximum absolute atomic E-state index is 13.7. The topological polar surface area (TPSA) is 42.3 Å². The van der Waals surface area contributed by atoms with Crippen LogP contribution in [0.1, 0.15) is 17.7 Å². The lowest BCUT2D eigenvalue weighted by Crippen LogP contribution is -2.37. The van der Waals surface area contributed by atoms with Crippen LogP contribution in [0.3, 0.4) is 0 Å². The summed E-state index contributed by atoms with van der Waals surface area (Å²) in [5, 5.41) is 7.35. The van der Waals surface area contributed by atoms with Crippen LogP contribution in [0.2, 0.25) is 0 Å². The van der Waals surface area contributed by atoms with E-state index in [2.05, 4.69) is 15.3 Å². The Labute approximate surface area is 113 Å². The lowest BCUT2D eigenvalue weighted by molar-refractivity contribution is 0.0374. The predicted molar refractivity (Wildman–Crippen MR) is 71.5 cm³/mol. The summed E-state index contributed by atoms with van der Waals surface area (Å²) in [5.74, 6) is -0.238. The predicted octanol–water partition coefficient (Wildman–Crippen LogP) is 0.680. The Morgan fingerprint density at radius 1 is 1.37 bits per heavy atom. The van der Waals surface area contributed by atoms with E-state index in [1.165, 1.54) is 4.68 Å². The Hall–Kier alpha value is -0.980. The molecule has 0 aliphatic carbocycles. The number of nitrogens with zero attached hydrogens (tertiary/aromatic N) is 3. The van der Waals surface area contributed by atoms with E-state index in [1.807, 2.05) is 6.92 Å². The summed E-state index contributed by atoms with van der Waals surface area (Å²) in [4.78, 5) is 2.40. The molecule has 0 amide bonds. The highest BCUT2D eigenvalue weighted by molar-refractivity contribution is 5.16. The van der Waals surface area contributed by atoms with E-state index < -0.39 is 0 Å². The lowest BCUT2D eigenvalue weighted by atomic mass is 10.2. The highest BCUT2D eigenvalue weighted by Gasteiger charge is 2.12. The van der Waals surface area contributed by atoms with Crippen LogP contribution in [0.5, 0.6) is 0 Å². The number of halogens is 1. The van der Waals surface area contributed by atoms with Gasteiger partial charge in [0.05, 0.1) is 18.9 Å². The van der Waals surface area contributed by atoms with Gasteiger partial charge >= 0.3 is 0 Å². The quantitative estimate of drug-likeness (QED) is 0.772. The second-order valence-electron chi connectivity index (χ2n) is 4.96. The van der Waals surface area contributed by atoms with Crippen molar-refractivity contribution in [1.82, 2.24) is 20.0 Å². The molecule has 6 heteroatoms. The van der Waals surface area contributed by atoms with Gasteiger partial charge in [0.2, 0.25) is 5.95 Å². The highest BCUT2D eigenvalue weighted by atomic mass is 19.1. The van der Waals surface area contributed by atoms with Crippen LogP contribution in [0.25, 0.3) is 0 Å². The van der Waals surface area contributed by atoms with Crippen molar-refractivity contribution in [1.29, 1.82) is 0 Å². The van der Waals surface area contributed by atoms with Gasteiger partial charge in [0, 0.05) is 32.2 Å². The van der Waals surface area contributed by atoms with Crippen LogP contribution >= 0.6 is 0 Å². The molecule has 1 aliphatic rings. The van der Waals surface area contributed by atoms with Crippen LogP contribution in [-0.2, 0) is 18.3 Å². The minimum Gasteiger partial charge on any atom is -0.379 e. The van der Waals surface area contributed by atoms with Crippen molar-refractivity contribution in [3.8, 4) is 0 Å². The normalized spacial score (nSPS) is 17.0. The highest BCUT2D eigenvalue weighted by Crippen LogP contribution is 2.10. The third kappa shape index (κ3) is 3.99. The SMILES string of the molecule is Cc1nn(C)c(F)c1CNCCCN1CCOCC1. The molecule has 108 valence electrons. The molecular formula is C13H23FN4O. The maximum Gasteiger partial charge on any atom is 0.215 e. The molecule has 0 bridgehead atoms. The second kappa shape index (κ2) is 6.98. The Balaban J connectivity index is 1.63. The first kappa shape index (κ1) is 14.4. The van der Waals surface area contributed by atoms with Crippen LogP contribution in [0.4, 0.5) is 4.39 Å². The summed E-state index contributed by atoms with van der Waals surface area (Å²) < 4.78 is 20.3. The largest absolute Gasteiger partial charge is 0.379 e. The molecule has 5 nitrogen and oxygen atoms in total. The number of morpholine rings is 1. The molecule has 0 unspecified atom stereocenters. The van der Waals surface area contributed by atoms with E-state index in [1.54, 1.807) is 7.05 Å². The van der Waals surface area contributed by atoms with Crippen molar-refractivity contribution in [3.63, 3.8) is 0 Å². The second-order valence-corrected chi connectivity index (χ2v) is 4.96. The fourth-order valence-electron chi connectivity index (χ4n) is 2.34. The van der Waals surface area contributed by atoms with Crippen molar-refractivity contribution in [2.75, 3.05) is 39.4 Å². The van der Waals surface area contributed by atoms with Gasteiger partial charge in [0.15, 0.2) is 0 Å². The number of rotatable bonds is 6. The van der Waals surface area contributed by atoms with Gasteiger partial charge in [-0.05, 0) is 26.4 Å². The number of ether oxygens (including phenoxy) is 1. The Morgan fingerprint density at radius 2 is 2.11 bits per heavy atom. The van der Waals surface area contributed by atoms with Crippen molar-refractivity contribution in [3.05, 3.63) is 17.2 Å². The van der Waals surface area contributed by atoms with Gasteiger partial charge in [-0.25, -0.2) is 4.68 Å². The van der Waals surface area contributed by atoms with Gasteiger partial charge in [-0.1, -0.05) is 0 Å². The lowest BCUT2D eigenvalue weighted by Gasteiger charge is -2.26. The first-order chi connectivity index (χ1) is 9.18. The summed E-state index contributed by atoms with van der Waals surface area (Å²) in [5.41, 5.74) is 1.44. The summed E-state index contributed by atoms with van der Waals surface area (Å²) >= 11 is 0. The van der Waals surface area contributed by atoms with Crippen LogP contribution in [0, 0.1) is 12.9 Å². The summed E-state index contributed by atoms with van der Waals surface area (Å²) in [6, 6.07) is 0. The zero-order valence-corrected chi connectivity index (χ0v) is 11.8. The number of aryl methyl sites for hydroxylation is 2. The molecular weight excluding hydrogens is 247 g/mol. The van der Waals surface area contributed by atoms with E-state index in [4.69, 9.17) is 4.74 Å². The molecule has 2 rings (SSSR count). The summed E-state index contributed by atoms with van der Waals surface area (Å²) in [7, 11) is 1.63. The average molecular weight is 270 g/mol. The maximum atomic E-state index is 13.7. The van der Waals surface area contributed by atoms with Crippen molar-refractivity contribution in [2.24, 2.45) is 7.05 Å². The van der Waals surface area contributed by atoms with Crippen molar-refractivity contribution < 1.29 is 9.13 Å². The zero-order valence-electron chi connectivity index (χ0n) is 11.8. The van der Waals surface area contributed by atoms with Gasteiger partial charge < -0.3 is 10.1 Å². The average Bonchev–Trinajstić information content (AvgIpc) is 2.65. The van der Waals surface area contributed by atoms with Gasteiger partial charge in [0.1, 0.15) is 0 Å². The summed E-state index contributed by atoms with van der Waals surface area (Å²) in [6.45, 7) is 8.09. The first-order valence-electron chi connectivity index (χ1n) is 6.87. The van der Waals surface area contributed by atoms with E-state index in [0.29, 0.717) is 12.1 Å². The number of nitrogens with one attached hydrogen (secondary N) is 1. The monoisotopic (exact) mass is 270 g/mol. The first-order valence-corrected chi connectivity index (χ1v) is 6.87. The van der Waals surface area contributed by atoms with E-state index >= 15 is 0 Å². The fourth-order valence-corrected chi connectivity index (χ4v) is 2.34. The molecule has 19 heavy (non-hydrogen) atoms. The minimum atomic E-state index is -0.238. The molecule has 0 saturated carbocycles. The smallest absolute Gasteiger partial charge is 0.215 e. The fraction of sp³-hybridized carbons (Fsp3) is 0.769. The standard InChI is InChI=1S/C13H23FN4O/c1-11-12(13(14)17(2)16-11)10-15-4-3-5-18-6-8-19-9-7-18/h15H,3-10H2,1-2H3. The Kier molecular flexibility index (Phi) is 5.30. The zero-order chi connectivity index (χ0) is 13.7. The van der Waals surface area contributed by atoms with Gasteiger partial charge in [-0.2, -0.15) is 9.49 Å². The van der Waals surface area contributed by atoms with Crippen molar-refractivity contribution >= 4 is 0 Å². The molecule has 1 aliphatic heterocycles. The molecule has 1 fully saturated rings. The van der Waals surface area contributed by atoms with E-state index in [9.17, 15) is 4.39 Å². The van der Waals surface area contributed by atoms with E-state index in [-0.39, 0.29) is 5.95 Å². The Morgan fingerprint density at radius 3 is 2.74 bits per heavy atom. The molecule has 0 radical (unpaired) electrons. The van der Waals surface area contributed by atoms with Crippen LogP contribution < -0.4 is 5.32 Å². The molecule has 0 spiro atoms. The number of hydrogen-bond donors (Lipinski definition) is 1. The molecule has 0 atom stereocenters. The third-order valence-electron chi connectivity index (χ3n) is 3.50. The van der Waals surface area contributed by atoms with Gasteiger partial charge in [0.25, 0.3) is 0 Å². The third-order valence-corrected chi connectivity index (χ3v) is 3.50. The van der Waals surface area contributed by atoms with Crippen LogP contribution in [-0.4, -0.2) is 54.1 Å². The number of hydrogen-bond acceptors (Lipinski definition) is 4. The minimum absolute atomic E-state index is 0.238. The van der Waals surface area contributed by atoms with Gasteiger partial charge in [-0.3, -0.25) is 4.90 Å². The number of aromatic nitrogens is 2. The molecule has 1 saturated heterocycles. The van der Waals surface area contributed by atoms with Crippen molar-refractivity contribution in [2.45, 2.75) is 19.9 Å². The molecule has 2 heterocycles. The van der Waals surface area contributed by atoms with Gasteiger partial charge in [-0.15, -0.1) is 0 Å².